The van der Waals surface area contributed by atoms with Gasteiger partial charge in [0.25, 0.3) is 0 Å². The minimum Gasteiger partial charge on any atom is -0.315 e. The van der Waals surface area contributed by atoms with Crippen molar-refractivity contribution >= 4 is 21.4 Å². The zero-order valence-corrected chi connectivity index (χ0v) is 11.1. The van der Waals surface area contributed by atoms with Crippen LogP contribution >= 0.6 is 11.6 Å². The molecule has 1 heterocycles. The van der Waals surface area contributed by atoms with Crippen LogP contribution in [0.15, 0.2) is 24.3 Å². The Bertz CT molecular complexity index is 481. The van der Waals surface area contributed by atoms with E-state index >= 15 is 0 Å². The summed E-state index contributed by atoms with van der Waals surface area (Å²) in [5.74, 6) is 0.208. The standard InChI is InChI=1S/C12H16ClNO2S/c13-11-3-1-2-10(8-11)5-7-17(15,16)12-4-6-14-9-12/h1-3,8,12,14H,4-7,9H2. The summed E-state index contributed by atoms with van der Waals surface area (Å²) in [6.07, 6.45) is 1.28. The number of benzene rings is 1. The van der Waals surface area contributed by atoms with Crippen LogP contribution in [0.5, 0.6) is 0 Å². The molecule has 5 heteroatoms. The first-order chi connectivity index (χ1) is 8.08. The van der Waals surface area contributed by atoms with E-state index in [0.29, 0.717) is 18.0 Å². The Morgan fingerprint density at radius 1 is 1.41 bits per heavy atom. The lowest BCUT2D eigenvalue weighted by Gasteiger charge is -2.10. The first-order valence-electron chi connectivity index (χ1n) is 5.75. The van der Waals surface area contributed by atoms with Gasteiger partial charge in [0, 0.05) is 11.6 Å². The van der Waals surface area contributed by atoms with Gasteiger partial charge in [-0.3, -0.25) is 0 Å². The van der Waals surface area contributed by atoms with E-state index in [1.54, 1.807) is 6.07 Å². The molecule has 1 aliphatic rings. The number of sulfone groups is 1. The van der Waals surface area contributed by atoms with E-state index in [-0.39, 0.29) is 11.0 Å². The van der Waals surface area contributed by atoms with Gasteiger partial charge < -0.3 is 5.32 Å². The van der Waals surface area contributed by atoms with Crippen LogP contribution in [0.2, 0.25) is 5.02 Å². The minimum absolute atomic E-state index is 0.207. The van der Waals surface area contributed by atoms with Gasteiger partial charge in [-0.2, -0.15) is 0 Å². The lowest BCUT2D eigenvalue weighted by molar-refractivity contribution is 0.582. The third-order valence-electron chi connectivity index (χ3n) is 3.09. The number of halogens is 1. The number of hydrogen-bond donors (Lipinski definition) is 1. The molecule has 0 aliphatic carbocycles. The summed E-state index contributed by atoms with van der Waals surface area (Å²) < 4.78 is 24.0. The zero-order valence-electron chi connectivity index (χ0n) is 9.52. The second-order valence-electron chi connectivity index (χ2n) is 4.36. The molecule has 1 aliphatic heterocycles. The smallest absolute Gasteiger partial charge is 0.154 e. The van der Waals surface area contributed by atoms with E-state index in [1.807, 2.05) is 18.2 Å². The van der Waals surface area contributed by atoms with Crippen molar-refractivity contribution in [2.24, 2.45) is 0 Å². The Balaban J connectivity index is 1.97. The Hall–Kier alpha value is -0.580. The fraction of sp³-hybridized carbons (Fsp3) is 0.500. The highest BCUT2D eigenvalue weighted by Gasteiger charge is 2.27. The zero-order chi connectivity index (χ0) is 12.3. The highest BCUT2D eigenvalue weighted by atomic mass is 35.5. The molecule has 1 atom stereocenters. The van der Waals surface area contributed by atoms with Crippen LogP contribution in [0.4, 0.5) is 0 Å². The lowest BCUT2D eigenvalue weighted by Crippen LogP contribution is -2.27. The summed E-state index contributed by atoms with van der Waals surface area (Å²) in [7, 11) is -2.98. The van der Waals surface area contributed by atoms with Gasteiger partial charge in [-0.15, -0.1) is 0 Å². The van der Waals surface area contributed by atoms with Crippen LogP contribution in [-0.2, 0) is 16.3 Å². The van der Waals surface area contributed by atoms with Gasteiger partial charge in [0.15, 0.2) is 9.84 Å². The predicted molar refractivity (Wildman–Crippen MR) is 70.2 cm³/mol. The molecule has 0 aromatic heterocycles. The molecule has 0 spiro atoms. The van der Waals surface area contributed by atoms with E-state index in [4.69, 9.17) is 11.6 Å². The first-order valence-corrected chi connectivity index (χ1v) is 7.84. The van der Waals surface area contributed by atoms with Crippen LogP contribution in [-0.4, -0.2) is 32.5 Å². The largest absolute Gasteiger partial charge is 0.315 e. The van der Waals surface area contributed by atoms with Gasteiger partial charge in [0.05, 0.1) is 11.0 Å². The molecule has 1 aromatic carbocycles. The van der Waals surface area contributed by atoms with E-state index in [2.05, 4.69) is 5.32 Å². The second kappa shape index (κ2) is 5.38. The Morgan fingerprint density at radius 3 is 2.88 bits per heavy atom. The van der Waals surface area contributed by atoms with Crippen molar-refractivity contribution in [3.63, 3.8) is 0 Å². The third kappa shape index (κ3) is 3.44. The summed E-state index contributed by atoms with van der Waals surface area (Å²) in [6, 6.07) is 7.38. The Morgan fingerprint density at radius 2 is 2.24 bits per heavy atom. The molecular weight excluding hydrogens is 258 g/mol. The molecule has 0 bridgehead atoms. The molecule has 0 saturated carbocycles. The maximum atomic E-state index is 12.0. The van der Waals surface area contributed by atoms with Crippen LogP contribution in [0.3, 0.4) is 0 Å². The molecule has 1 unspecified atom stereocenters. The molecule has 1 N–H and O–H groups in total. The Kier molecular flexibility index (Phi) is 4.07. The number of rotatable bonds is 4. The van der Waals surface area contributed by atoms with Gasteiger partial charge in [-0.1, -0.05) is 23.7 Å². The maximum absolute atomic E-state index is 12.0. The average molecular weight is 274 g/mol. The summed E-state index contributed by atoms with van der Waals surface area (Å²) in [4.78, 5) is 0. The van der Waals surface area contributed by atoms with Gasteiger partial charge in [0.1, 0.15) is 0 Å². The van der Waals surface area contributed by atoms with Crippen LogP contribution in [0, 0.1) is 0 Å². The van der Waals surface area contributed by atoms with E-state index in [9.17, 15) is 8.42 Å². The summed E-state index contributed by atoms with van der Waals surface area (Å²) in [6.45, 7) is 1.40. The van der Waals surface area contributed by atoms with Gasteiger partial charge in [-0.25, -0.2) is 8.42 Å². The fourth-order valence-electron chi connectivity index (χ4n) is 2.05. The van der Waals surface area contributed by atoms with Crippen molar-refractivity contribution in [2.75, 3.05) is 18.8 Å². The number of nitrogens with one attached hydrogen (secondary N) is 1. The minimum atomic E-state index is -2.98. The van der Waals surface area contributed by atoms with Crippen LogP contribution < -0.4 is 5.32 Å². The van der Waals surface area contributed by atoms with E-state index in [0.717, 1.165) is 18.5 Å². The molecule has 2 rings (SSSR count). The van der Waals surface area contributed by atoms with Gasteiger partial charge >= 0.3 is 0 Å². The third-order valence-corrected chi connectivity index (χ3v) is 5.51. The van der Waals surface area contributed by atoms with Gasteiger partial charge in [-0.05, 0) is 37.1 Å². The fourth-order valence-corrected chi connectivity index (χ4v) is 3.97. The highest BCUT2D eigenvalue weighted by Crippen LogP contribution is 2.15. The van der Waals surface area contributed by atoms with Crippen molar-refractivity contribution in [3.8, 4) is 0 Å². The SMILES string of the molecule is O=S(=O)(CCc1cccc(Cl)c1)C1CCNC1. The molecule has 1 fully saturated rings. The molecule has 0 amide bonds. The molecule has 94 valence electrons. The van der Waals surface area contributed by atoms with Crippen molar-refractivity contribution in [1.82, 2.24) is 5.32 Å². The summed E-state index contributed by atoms with van der Waals surface area (Å²) in [5.41, 5.74) is 0.979. The van der Waals surface area contributed by atoms with Crippen molar-refractivity contribution in [1.29, 1.82) is 0 Å². The monoisotopic (exact) mass is 273 g/mol. The Labute approximate surface area is 107 Å². The molecule has 1 aromatic rings. The van der Waals surface area contributed by atoms with E-state index < -0.39 is 9.84 Å². The van der Waals surface area contributed by atoms with E-state index in [1.165, 1.54) is 0 Å². The average Bonchev–Trinajstić information content (AvgIpc) is 2.81. The second-order valence-corrected chi connectivity index (χ2v) is 7.20. The number of hydrogen-bond acceptors (Lipinski definition) is 3. The quantitative estimate of drug-likeness (QED) is 0.908. The molecule has 1 saturated heterocycles. The molecule has 17 heavy (non-hydrogen) atoms. The summed E-state index contributed by atoms with van der Waals surface area (Å²) >= 11 is 5.86. The highest BCUT2D eigenvalue weighted by molar-refractivity contribution is 7.92. The summed E-state index contributed by atoms with van der Waals surface area (Å²) in [5, 5.41) is 3.53. The molecule has 0 radical (unpaired) electrons. The van der Waals surface area contributed by atoms with Crippen molar-refractivity contribution < 1.29 is 8.42 Å². The van der Waals surface area contributed by atoms with Gasteiger partial charge in [0.2, 0.25) is 0 Å². The number of aryl methyl sites for hydroxylation is 1. The normalized spacial score (nSPS) is 20.6. The lowest BCUT2D eigenvalue weighted by atomic mass is 10.2. The predicted octanol–water partition coefficient (Wildman–Crippen LogP) is 1.66. The first kappa shape index (κ1) is 12.9. The van der Waals surface area contributed by atoms with Crippen molar-refractivity contribution in [2.45, 2.75) is 18.1 Å². The van der Waals surface area contributed by atoms with Crippen LogP contribution in [0.25, 0.3) is 0 Å². The van der Waals surface area contributed by atoms with Crippen molar-refractivity contribution in [3.05, 3.63) is 34.9 Å². The topological polar surface area (TPSA) is 46.2 Å². The molecular formula is C12H16ClNO2S. The van der Waals surface area contributed by atoms with Crippen LogP contribution in [0.1, 0.15) is 12.0 Å². The maximum Gasteiger partial charge on any atom is 0.154 e. The molecule has 3 nitrogen and oxygen atoms in total.